The molecule has 1 atom stereocenters. The molecule has 0 fully saturated rings. The Kier molecular flexibility index (Phi) is 8.01. The van der Waals surface area contributed by atoms with Crippen molar-refractivity contribution >= 4 is 44.9 Å². The van der Waals surface area contributed by atoms with Gasteiger partial charge in [-0.3, -0.25) is 14.2 Å². The molecule has 1 N–H and O–H groups in total. The van der Waals surface area contributed by atoms with Crippen molar-refractivity contribution in [2.75, 3.05) is 11.9 Å². The van der Waals surface area contributed by atoms with Crippen LogP contribution in [0.5, 0.6) is 5.75 Å². The highest BCUT2D eigenvalue weighted by Crippen LogP contribution is 2.33. The van der Waals surface area contributed by atoms with E-state index in [0.29, 0.717) is 50.2 Å². The SMILES string of the molecule is CCOc1ccc([C@H]2C(C(=O)Nc3ccccc3)=C(C)N=c3s/c(=C\c4ccc(-c5ccc(C)cc5Br)o4)c(=O)n32)cc1. The first-order chi connectivity index (χ1) is 20.8. The quantitative estimate of drug-likeness (QED) is 0.214. The van der Waals surface area contributed by atoms with Gasteiger partial charge in [0.2, 0.25) is 0 Å². The van der Waals surface area contributed by atoms with E-state index in [1.165, 1.54) is 11.3 Å². The van der Waals surface area contributed by atoms with Gasteiger partial charge in [-0.15, -0.1) is 0 Å². The van der Waals surface area contributed by atoms with Crippen LogP contribution in [-0.2, 0) is 4.79 Å². The molecule has 216 valence electrons. The summed E-state index contributed by atoms with van der Waals surface area (Å²) in [6.07, 6.45) is 1.73. The smallest absolute Gasteiger partial charge is 0.271 e. The van der Waals surface area contributed by atoms with Crippen molar-refractivity contribution in [2.24, 2.45) is 4.99 Å². The highest BCUT2D eigenvalue weighted by atomic mass is 79.9. The highest BCUT2D eigenvalue weighted by molar-refractivity contribution is 9.10. The number of aryl methyl sites for hydroxylation is 1. The first-order valence-electron chi connectivity index (χ1n) is 13.8. The second-order valence-corrected chi connectivity index (χ2v) is 12.0. The molecule has 0 unspecified atom stereocenters. The lowest BCUT2D eigenvalue weighted by molar-refractivity contribution is -0.113. The predicted molar refractivity (Wildman–Crippen MR) is 173 cm³/mol. The standard InChI is InChI=1S/C34H28BrN3O4S/c1-4-41-24-13-11-22(12-14-24)31-30(32(39)37-23-8-6-5-7-9-23)21(3)36-34-38(31)33(40)29(43-34)19-25-15-17-28(42-25)26-16-10-20(2)18-27(26)35/h5-19,31H,4H2,1-3H3,(H,37,39)/b29-19-/t31-/m0/s1. The maximum atomic E-state index is 14.0. The summed E-state index contributed by atoms with van der Waals surface area (Å²) in [6.45, 7) is 6.29. The van der Waals surface area contributed by atoms with Gasteiger partial charge in [-0.05, 0) is 80.4 Å². The number of aromatic nitrogens is 1. The Balaban J connectivity index is 1.44. The molecular weight excluding hydrogens is 626 g/mol. The third-order valence-electron chi connectivity index (χ3n) is 7.09. The van der Waals surface area contributed by atoms with Crippen molar-refractivity contribution in [2.45, 2.75) is 26.8 Å². The minimum atomic E-state index is -0.687. The van der Waals surface area contributed by atoms with Gasteiger partial charge in [-0.2, -0.15) is 0 Å². The molecule has 0 radical (unpaired) electrons. The van der Waals surface area contributed by atoms with Gasteiger partial charge in [0.1, 0.15) is 17.3 Å². The molecule has 43 heavy (non-hydrogen) atoms. The van der Waals surface area contributed by atoms with Crippen LogP contribution in [0.2, 0.25) is 0 Å². The number of carbonyl (C=O) groups is 1. The van der Waals surface area contributed by atoms with E-state index in [9.17, 15) is 9.59 Å². The molecule has 0 spiro atoms. The number of halogens is 1. The summed E-state index contributed by atoms with van der Waals surface area (Å²) in [7, 11) is 0. The van der Waals surface area contributed by atoms with Gasteiger partial charge in [0, 0.05) is 21.8 Å². The van der Waals surface area contributed by atoms with Crippen molar-refractivity contribution < 1.29 is 13.9 Å². The van der Waals surface area contributed by atoms with E-state index in [1.807, 2.05) is 98.8 Å². The number of amides is 1. The van der Waals surface area contributed by atoms with E-state index in [0.717, 1.165) is 21.2 Å². The summed E-state index contributed by atoms with van der Waals surface area (Å²) in [5, 5.41) is 2.98. The van der Waals surface area contributed by atoms with Gasteiger partial charge in [0.05, 0.1) is 28.5 Å². The second-order valence-electron chi connectivity index (χ2n) is 10.1. The number of hydrogen-bond acceptors (Lipinski definition) is 6. The summed E-state index contributed by atoms with van der Waals surface area (Å²) < 4.78 is 14.8. The monoisotopic (exact) mass is 653 g/mol. The highest BCUT2D eigenvalue weighted by Gasteiger charge is 2.32. The Hall–Kier alpha value is -4.47. The van der Waals surface area contributed by atoms with Gasteiger partial charge in [-0.1, -0.05) is 63.7 Å². The van der Waals surface area contributed by atoms with E-state index in [4.69, 9.17) is 14.1 Å². The zero-order chi connectivity index (χ0) is 30.1. The predicted octanol–water partition coefficient (Wildman–Crippen LogP) is 6.60. The molecule has 7 nitrogen and oxygen atoms in total. The van der Waals surface area contributed by atoms with Gasteiger partial charge < -0.3 is 14.5 Å². The molecule has 1 amide bonds. The van der Waals surface area contributed by atoms with Gasteiger partial charge in [0.25, 0.3) is 11.5 Å². The number of thiazole rings is 1. The molecule has 9 heteroatoms. The lowest BCUT2D eigenvalue weighted by Crippen LogP contribution is -2.40. The van der Waals surface area contributed by atoms with Crippen molar-refractivity contribution in [1.29, 1.82) is 0 Å². The van der Waals surface area contributed by atoms with E-state index in [1.54, 1.807) is 17.6 Å². The van der Waals surface area contributed by atoms with Crippen LogP contribution in [0.1, 0.15) is 36.8 Å². The van der Waals surface area contributed by atoms with Crippen LogP contribution in [-0.4, -0.2) is 17.1 Å². The van der Waals surface area contributed by atoms with E-state index in [-0.39, 0.29) is 11.5 Å². The molecule has 3 heterocycles. The largest absolute Gasteiger partial charge is 0.494 e. The van der Waals surface area contributed by atoms with Crippen molar-refractivity contribution in [3.05, 3.63) is 137 Å². The number of ether oxygens (including phenoxy) is 1. The Morgan fingerprint density at radius 2 is 1.84 bits per heavy atom. The number of hydrogen-bond donors (Lipinski definition) is 1. The second kappa shape index (κ2) is 12.0. The molecule has 3 aromatic carbocycles. The van der Waals surface area contributed by atoms with Crippen molar-refractivity contribution in [3.8, 4) is 17.1 Å². The Labute approximate surface area is 260 Å². The average Bonchev–Trinajstić information content (AvgIpc) is 3.57. The number of carbonyl (C=O) groups excluding carboxylic acids is 1. The van der Waals surface area contributed by atoms with Gasteiger partial charge >= 0.3 is 0 Å². The molecule has 5 aromatic rings. The molecule has 2 aromatic heterocycles. The fourth-order valence-electron chi connectivity index (χ4n) is 5.08. The maximum Gasteiger partial charge on any atom is 0.271 e. The molecule has 0 aliphatic carbocycles. The minimum Gasteiger partial charge on any atom is -0.494 e. The summed E-state index contributed by atoms with van der Waals surface area (Å²) >= 11 is 4.88. The number of para-hydroxylation sites is 1. The number of anilines is 1. The van der Waals surface area contributed by atoms with Crippen LogP contribution < -0.4 is 24.9 Å². The maximum absolute atomic E-state index is 14.0. The van der Waals surface area contributed by atoms with Crippen molar-refractivity contribution in [3.63, 3.8) is 0 Å². The lowest BCUT2D eigenvalue weighted by Gasteiger charge is -2.25. The summed E-state index contributed by atoms with van der Waals surface area (Å²) in [5.41, 5.74) is 4.18. The molecular formula is C34H28BrN3O4S. The van der Waals surface area contributed by atoms with Crippen LogP contribution in [0.4, 0.5) is 5.69 Å². The van der Waals surface area contributed by atoms with E-state index in [2.05, 4.69) is 21.2 Å². The summed E-state index contributed by atoms with van der Waals surface area (Å²) in [4.78, 5) is 33.0. The number of fused-ring (bicyclic) bond motifs is 1. The zero-order valence-electron chi connectivity index (χ0n) is 23.8. The van der Waals surface area contributed by atoms with Crippen LogP contribution in [0.15, 0.2) is 115 Å². The number of furan rings is 1. The fourth-order valence-corrected chi connectivity index (χ4v) is 6.80. The number of benzene rings is 3. The van der Waals surface area contributed by atoms with E-state index >= 15 is 0 Å². The third kappa shape index (κ3) is 5.78. The number of allylic oxidation sites excluding steroid dienone is 1. The number of nitrogens with one attached hydrogen (secondary N) is 1. The molecule has 0 bridgehead atoms. The van der Waals surface area contributed by atoms with Crippen LogP contribution >= 0.6 is 27.3 Å². The van der Waals surface area contributed by atoms with E-state index < -0.39 is 6.04 Å². The minimum absolute atomic E-state index is 0.255. The lowest BCUT2D eigenvalue weighted by atomic mass is 9.95. The first-order valence-corrected chi connectivity index (χ1v) is 15.4. The molecule has 1 aliphatic rings. The zero-order valence-corrected chi connectivity index (χ0v) is 26.2. The Morgan fingerprint density at radius 1 is 1.07 bits per heavy atom. The van der Waals surface area contributed by atoms with Crippen LogP contribution in [0, 0.1) is 6.92 Å². The van der Waals surface area contributed by atoms with Crippen LogP contribution in [0.3, 0.4) is 0 Å². The van der Waals surface area contributed by atoms with Gasteiger partial charge in [-0.25, -0.2) is 4.99 Å². The number of nitrogens with zero attached hydrogens (tertiary/aromatic N) is 2. The molecule has 1 aliphatic heterocycles. The topological polar surface area (TPSA) is 85.8 Å². The first kappa shape index (κ1) is 28.6. The number of rotatable bonds is 7. The van der Waals surface area contributed by atoms with Crippen molar-refractivity contribution in [1.82, 2.24) is 4.57 Å². The Bertz CT molecular complexity index is 2040. The van der Waals surface area contributed by atoms with Crippen LogP contribution in [0.25, 0.3) is 17.4 Å². The molecule has 6 rings (SSSR count). The summed E-state index contributed by atoms with van der Waals surface area (Å²) in [6, 6.07) is 25.8. The third-order valence-corrected chi connectivity index (χ3v) is 8.73. The summed E-state index contributed by atoms with van der Waals surface area (Å²) in [5.74, 6) is 1.63. The fraction of sp³-hybridized carbons (Fsp3) is 0.147. The normalized spacial score (nSPS) is 14.8. The Morgan fingerprint density at radius 3 is 2.56 bits per heavy atom. The van der Waals surface area contributed by atoms with Gasteiger partial charge in [0.15, 0.2) is 4.80 Å². The average molecular weight is 655 g/mol. The molecule has 0 saturated heterocycles. The molecule has 0 saturated carbocycles.